The first kappa shape index (κ1) is 38.5. The zero-order valence-electron chi connectivity index (χ0n) is 36.8. The number of rotatable bonds is 6. The van der Waals surface area contributed by atoms with Gasteiger partial charge in [-0.25, -0.2) is 4.98 Å². The summed E-state index contributed by atoms with van der Waals surface area (Å²) in [7, 11) is 0. The third kappa shape index (κ3) is 6.12. The number of para-hydroxylation sites is 2. The van der Waals surface area contributed by atoms with Gasteiger partial charge in [-0.15, -0.1) is 11.3 Å². The van der Waals surface area contributed by atoms with Crippen molar-refractivity contribution < 1.29 is 4.42 Å². The summed E-state index contributed by atoms with van der Waals surface area (Å²) in [4.78, 5) is 16.0. The highest BCUT2D eigenvalue weighted by Gasteiger charge is 2.23. The van der Waals surface area contributed by atoms with Crippen molar-refractivity contribution in [1.29, 1.82) is 0 Å². The van der Waals surface area contributed by atoms with Crippen LogP contribution < -0.4 is 0 Å². The zero-order valence-corrected chi connectivity index (χ0v) is 37.6. The van der Waals surface area contributed by atoms with Gasteiger partial charge in [0.05, 0.1) is 11.0 Å². The highest BCUT2D eigenvalue weighted by Crippen LogP contribution is 2.44. The molecule has 0 saturated heterocycles. The molecule has 14 aromatic rings. The number of benzene rings is 10. The van der Waals surface area contributed by atoms with E-state index in [4.69, 9.17) is 19.4 Å². The Balaban J connectivity index is 0.997. The quantitative estimate of drug-likeness (QED) is 0.167. The molecule has 0 bridgehead atoms. The number of hydrogen-bond acceptors (Lipinski definition) is 5. The fourth-order valence-corrected chi connectivity index (χ4v) is 11.5. The van der Waals surface area contributed by atoms with Crippen molar-refractivity contribution in [3.05, 3.63) is 218 Å². The lowest BCUT2D eigenvalue weighted by molar-refractivity contribution is 0.669. The van der Waals surface area contributed by atoms with Crippen LogP contribution in [0.3, 0.4) is 0 Å². The molecule has 0 amide bonds. The summed E-state index contributed by atoms with van der Waals surface area (Å²) in [6.45, 7) is 2.16. The lowest BCUT2D eigenvalue weighted by Gasteiger charge is -2.14. The van der Waals surface area contributed by atoms with Crippen LogP contribution in [0.4, 0.5) is 0 Å². The number of thiophene rings is 1. The van der Waals surface area contributed by atoms with Crippen LogP contribution >= 0.6 is 11.3 Å². The highest BCUT2D eigenvalue weighted by molar-refractivity contribution is 7.25. The molecule has 6 heteroatoms. The molecule has 0 aliphatic carbocycles. The van der Waals surface area contributed by atoms with Crippen LogP contribution in [0.25, 0.3) is 137 Å². The maximum Gasteiger partial charge on any atom is 0.238 e. The molecule has 10 aromatic carbocycles. The average Bonchev–Trinajstić information content (AvgIpc) is 4.08. The Morgan fingerprint density at radius 3 is 1.84 bits per heavy atom. The first-order chi connectivity index (χ1) is 33.6. The van der Waals surface area contributed by atoms with Gasteiger partial charge in [-0.05, 0) is 88.7 Å². The molecule has 4 aromatic heterocycles. The van der Waals surface area contributed by atoms with E-state index in [2.05, 4.69) is 187 Å². The molecular formula is C62H38N4OS. The van der Waals surface area contributed by atoms with Crippen molar-refractivity contribution in [1.82, 2.24) is 19.5 Å². The van der Waals surface area contributed by atoms with Crippen LogP contribution in [0.2, 0.25) is 0 Å². The predicted molar refractivity (Wildman–Crippen MR) is 284 cm³/mol. The smallest absolute Gasteiger partial charge is 0.238 e. The molecule has 0 aliphatic heterocycles. The molecule has 0 unspecified atom stereocenters. The van der Waals surface area contributed by atoms with E-state index in [0.29, 0.717) is 17.6 Å². The minimum atomic E-state index is 0.541. The lowest BCUT2D eigenvalue weighted by Crippen LogP contribution is -2.07. The lowest BCUT2D eigenvalue weighted by atomic mass is 9.94. The zero-order chi connectivity index (χ0) is 44.9. The molecular weight excluding hydrogens is 849 g/mol. The third-order valence-electron chi connectivity index (χ3n) is 13.5. The van der Waals surface area contributed by atoms with Crippen molar-refractivity contribution in [2.24, 2.45) is 0 Å². The summed E-state index contributed by atoms with van der Waals surface area (Å²) < 4.78 is 11.3. The topological polar surface area (TPSA) is 56.7 Å². The SMILES string of the molecule is Cc1ccc2ccc3c4cccc(-c5cccc(-c6cccc(-c7cccc8sc9ccccc9c78)c6)c5)c4n(-c4nc(-c5ccccc5)nc(-c5ccc6c(c5)oc5ccccc56)n4)c3c2c1. The number of nitrogens with zero attached hydrogens (tertiary/aromatic N) is 4. The summed E-state index contributed by atoms with van der Waals surface area (Å²) in [5.41, 5.74) is 13.6. The Kier molecular flexibility index (Phi) is 8.60. The Bertz CT molecular complexity index is 4350. The second-order valence-corrected chi connectivity index (χ2v) is 18.7. The van der Waals surface area contributed by atoms with E-state index >= 15 is 0 Å². The number of fused-ring (bicyclic) bond motifs is 11. The van der Waals surface area contributed by atoms with E-state index in [0.717, 1.165) is 87.9 Å². The van der Waals surface area contributed by atoms with E-state index < -0.39 is 0 Å². The largest absolute Gasteiger partial charge is 0.456 e. The minimum Gasteiger partial charge on any atom is -0.456 e. The molecule has 0 fully saturated rings. The molecule has 0 N–H and O–H groups in total. The van der Waals surface area contributed by atoms with Gasteiger partial charge < -0.3 is 4.42 Å². The van der Waals surface area contributed by atoms with Crippen LogP contribution in [0.1, 0.15) is 5.56 Å². The van der Waals surface area contributed by atoms with Crippen LogP contribution in [0.15, 0.2) is 217 Å². The molecule has 5 nitrogen and oxygen atoms in total. The second-order valence-electron chi connectivity index (χ2n) is 17.6. The van der Waals surface area contributed by atoms with Gasteiger partial charge >= 0.3 is 0 Å². The summed E-state index contributed by atoms with van der Waals surface area (Å²) >= 11 is 1.86. The molecule has 0 saturated carbocycles. The van der Waals surface area contributed by atoms with Gasteiger partial charge in [-0.3, -0.25) is 4.57 Å². The van der Waals surface area contributed by atoms with Crippen LogP contribution in [0, 0.1) is 6.92 Å². The molecule has 68 heavy (non-hydrogen) atoms. The Morgan fingerprint density at radius 1 is 0.382 bits per heavy atom. The fourth-order valence-electron chi connectivity index (χ4n) is 10.3. The number of aromatic nitrogens is 4. The van der Waals surface area contributed by atoms with Gasteiger partial charge in [0.15, 0.2) is 11.6 Å². The van der Waals surface area contributed by atoms with Gasteiger partial charge in [0.25, 0.3) is 0 Å². The highest BCUT2D eigenvalue weighted by atomic mass is 32.1. The predicted octanol–water partition coefficient (Wildman–Crippen LogP) is 17.0. The van der Waals surface area contributed by atoms with Crippen LogP contribution in [0.5, 0.6) is 0 Å². The second kappa shape index (κ2) is 15.2. The maximum absolute atomic E-state index is 6.39. The number of hydrogen-bond donors (Lipinski definition) is 0. The Morgan fingerprint density at radius 2 is 0.985 bits per heavy atom. The first-order valence-electron chi connectivity index (χ1n) is 22.9. The minimum absolute atomic E-state index is 0.541. The first-order valence-corrected chi connectivity index (χ1v) is 23.7. The Labute approximate surface area is 394 Å². The van der Waals surface area contributed by atoms with Gasteiger partial charge in [-0.2, -0.15) is 9.97 Å². The standard InChI is InChI=1S/C62H38N4OS/c1-37-27-28-38-29-32-50-49-23-11-22-46(43-18-10-16-41(35-43)40-15-9-17-42(34-40)45-21-12-26-56-57(45)51-20-6-8-25-55(51)68-56)58(49)66(59(50)52(38)33-37)62-64-60(39-13-3-2-4-14-39)63-61(65-62)44-30-31-48-47-19-5-7-24-53(47)67-54(48)36-44/h2-36H,1H3. The van der Waals surface area contributed by atoms with Crippen LogP contribution in [-0.2, 0) is 0 Å². The molecule has 0 spiro atoms. The van der Waals surface area contributed by atoms with E-state index in [1.165, 1.54) is 36.9 Å². The van der Waals surface area contributed by atoms with E-state index in [1.54, 1.807) is 0 Å². The van der Waals surface area contributed by atoms with Gasteiger partial charge in [-0.1, -0.05) is 169 Å². The van der Waals surface area contributed by atoms with Crippen molar-refractivity contribution in [2.75, 3.05) is 0 Å². The summed E-state index contributed by atoms with van der Waals surface area (Å²) in [6.07, 6.45) is 0. The van der Waals surface area contributed by atoms with Crippen molar-refractivity contribution in [2.45, 2.75) is 6.92 Å². The van der Waals surface area contributed by atoms with Gasteiger partial charge in [0.2, 0.25) is 5.95 Å². The van der Waals surface area contributed by atoms with Crippen molar-refractivity contribution >= 4 is 86.0 Å². The molecule has 318 valence electrons. The van der Waals surface area contributed by atoms with E-state index in [9.17, 15) is 0 Å². The van der Waals surface area contributed by atoms with Gasteiger partial charge in [0.1, 0.15) is 11.2 Å². The monoisotopic (exact) mass is 886 g/mol. The normalized spacial score (nSPS) is 11.9. The average molecular weight is 887 g/mol. The molecule has 0 radical (unpaired) electrons. The van der Waals surface area contributed by atoms with E-state index in [1.807, 2.05) is 47.7 Å². The summed E-state index contributed by atoms with van der Waals surface area (Å²) in [5, 5.41) is 9.28. The van der Waals surface area contributed by atoms with Crippen molar-refractivity contribution in [3.63, 3.8) is 0 Å². The third-order valence-corrected chi connectivity index (χ3v) is 14.6. The number of aryl methyl sites for hydroxylation is 1. The fraction of sp³-hybridized carbons (Fsp3) is 0.0161. The van der Waals surface area contributed by atoms with E-state index in [-0.39, 0.29) is 0 Å². The number of furan rings is 1. The van der Waals surface area contributed by atoms with Gasteiger partial charge in [0, 0.05) is 63.8 Å². The molecule has 4 heterocycles. The van der Waals surface area contributed by atoms with Crippen molar-refractivity contribution in [3.8, 4) is 62.1 Å². The summed E-state index contributed by atoms with van der Waals surface area (Å²) in [5.74, 6) is 1.69. The Hall–Kier alpha value is -8.71. The molecule has 0 aliphatic rings. The summed E-state index contributed by atoms with van der Waals surface area (Å²) in [6, 6.07) is 75.8. The molecule has 14 rings (SSSR count). The maximum atomic E-state index is 6.39. The van der Waals surface area contributed by atoms with Crippen LogP contribution in [-0.4, -0.2) is 19.5 Å². The molecule has 0 atom stereocenters.